The third-order valence-electron chi connectivity index (χ3n) is 2.93. The second-order valence-corrected chi connectivity index (χ2v) is 5.02. The van der Waals surface area contributed by atoms with Gasteiger partial charge >= 0.3 is 0 Å². The van der Waals surface area contributed by atoms with Crippen LogP contribution in [-0.2, 0) is 0 Å². The molecule has 1 unspecified atom stereocenters. The van der Waals surface area contributed by atoms with Crippen LogP contribution in [0.5, 0.6) is 0 Å². The van der Waals surface area contributed by atoms with E-state index in [1.807, 2.05) is 7.05 Å². The summed E-state index contributed by atoms with van der Waals surface area (Å²) in [6.45, 7) is 7.72. The number of piperidine rings is 1. The Morgan fingerprint density at radius 2 is 2.18 bits per heavy atom. The molecular formula is C12H27IN4. The van der Waals surface area contributed by atoms with E-state index in [0.717, 1.165) is 18.4 Å². The molecule has 0 aromatic carbocycles. The summed E-state index contributed by atoms with van der Waals surface area (Å²) in [7, 11) is 4.03. The molecule has 1 fully saturated rings. The molecule has 2 N–H and O–H groups in total. The molecule has 1 saturated heterocycles. The van der Waals surface area contributed by atoms with Crippen LogP contribution in [-0.4, -0.2) is 50.6 Å². The van der Waals surface area contributed by atoms with Gasteiger partial charge in [-0.15, -0.1) is 24.0 Å². The van der Waals surface area contributed by atoms with Gasteiger partial charge in [-0.1, -0.05) is 0 Å². The van der Waals surface area contributed by atoms with E-state index < -0.39 is 0 Å². The van der Waals surface area contributed by atoms with E-state index in [-0.39, 0.29) is 24.0 Å². The van der Waals surface area contributed by atoms with Gasteiger partial charge in [0.25, 0.3) is 0 Å². The average molecular weight is 354 g/mol. The van der Waals surface area contributed by atoms with Gasteiger partial charge in [0.15, 0.2) is 5.96 Å². The van der Waals surface area contributed by atoms with Crippen molar-refractivity contribution in [1.82, 2.24) is 15.5 Å². The fraction of sp³-hybridized carbons (Fsp3) is 0.917. The van der Waals surface area contributed by atoms with Gasteiger partial charge in [0.1, 0.15) is 0 Å². The Hall–Kier alpha value is -0.0400. The molecule has 1 rings (SSSR count). The number of hydrogen-bond donors (Lipinski definition) is 2. The topological polar surface area (TPSA) is 39.7 Å². The molecule has 0 aromatic heterocycles. The van der Waals surface area contributed by atoms with Crippen molar-refractivity contribution in [1.29, 1.82) is 0 Å². The molecule has 0 aliphatic carbocycles. The molecule has 5 heteroatoms. The van der Waals surface area contributed by atoms with Crippen molar-refractivity contribution in [3.8, 4) is 0 Å². The monoisotopic (exact) mass is 354 g/mol. The van der Waals surface area contributed by atoms with Gasteiger partial charge in [0.2, 0.25) is 0 Å². The standard InChI is InChI=1S/C12H26N4.HI/c1-10(2)15-12(13-3)14-8-11-6-5-7-16(4)9-11;/h10-11H,5-9H2,1-4H3,(H2,13,14,15);1H. The lowest BCUT2D eigenvalue weighted by molar-refractivity contribution is 0.210. The lowest BCUT2D eigenvalue weighted by Crippen LogP contribution is -2.45. The third-order valence-corrected chi connectivity index (χ3v) is 2.93. The van der Waals surface area contributed by atoms with Crippen LogP contribution in [0.1, 0.15) is 26.7 Å². The zero-order valence-electron chi connectivity index (χ0n) is 11.5. The fourth-order valence-electron chi connectivity index (χ4n) is 2.15. The Balaban J connectivity index is 0.00000256. The molecule has 0 bridgehead atoms. The number of halogens is 1. The molecule has 1 aliphatic rings. The van der Waals surface area contributed by atoms with Crippen LogP contribution in [0.4, 0.5) is 0 Å². The lowest BCUT2D eigenvalue weighted by Gasteiger charge is -2.30. The number of guanidine groups is 1. The van der Waals surface area contributed by atoms with E-state index >= 15 is 0 Å². The number of rotatable bonds is 3. The summed E-state index contributed by atoms with van der Waals surface area (Å²) in [5.41, 5.74) is 0. The highest BCUT2D eigenvalue weighted by Crippen LogP contribution is 2.13. The van der Waals surface area contributed by atoms with Gasteiger partial charge in [-0.2, -0.15) is 0 Å². The number of nitrogens with one attached hydrogen (secondary N) is 2. The van der Waals surface area contributed by atoms with Crippen molar-refractivity contribution in [2.75, 3.05) is 33.7 Å². The van der Waals surface area contributed by atoms with E-state index in [1.165, 1.54) is 25.9 Å². The van der Waals surface area contributed by atoms with Crippen molar-refractivity contribution < 1.29 is 0 Å². The minimum Gasteiger partial charge on any atom is -0.356 e. The summed E-state index contributed by atoms with van der Waals surface area (Å²) in [5.74, 6) is 1.67. The smallest absolute Gasteiger partial charge is 0.191 e. The maximum absolute atomic E-state index is 4.21. The molecule has 1 aliphatic heterocycles. The Morgan fingerprint density at radius 3 is 2.71 bits per heavy atom. The molecule has 0 amide bonds. The van der Waals surface area contributed by atoms with Gasteiger partial charge < -0.3 is 15.5 Å². The normalized spacial score (nSPS) is 22.2. The Morgan fingerprint density at radius 1 is 1.47 bits per heavy atom. The SMILES string of the molecule is CN=C(NCC1CCCN(C)C1)NC(C)C.I. The molecule has 0 spiro atoms. The second-order valence-electron chi connectivity index (χ2n) is 5.02. The first-order valence-corrected chi connectivity index (χ1v) is 6.27. The van der Waals surface area contributed by atoms with Gasteiger partial charge in [0, 0.05) is 26.2 Å². The summed E-state index contributed by atoms with van der Waals surface area (Å²) in [5, 5.41) is 6.71. The largest absolute Gasteiger partial charge is 0.356 e. The van der Waals surface area contributed by atoms with E-state index in [4.69, 9.17) is 0 Å². The molecule has 1 atom stereocenters. The summed E-state index contributed by atoms with van der Waals surface area (Å²) >= 11 is 0. The maximum atomic E-state index is 4.21. The second kappa shape index (κ2) is 8.97. The van der Waals surface area contributed by atoms with Gasteiger partial charge in [0.05, 0.1) is 0 Å². The van der Waals surface area contributed by atoms with Gasteiger partial charge in [-0.05, 0) is 46.2 Å². The van der Waals surface area contributed by atoms with Crippen LogP contribution in [0.2, 0.25) is 0 Å². The number of aliphatic imine (C=N–C) groups is 1. The Labute approximate surface area is 123 Å². The van der Waals surface area contributed by atoms with Crippen LogP contribution >= 0.6 is 24.0 Å². The van der Waals surface area contributed by atoms with Gasteiger partial charge in [-0.25, -0.2) is 0 Å². The van der Waals surface area contributed by atoms with Crippen molar-refractivity contribution in [3.63, 3.8) is 0 Å². The molecule has 0 saturated carbocycles. The Kier molecular flexibility index (Phi) is 8.94. The van der Waals surface area contributed by atoms with Crippen molar-refractivity contribution in [2.45, 2.75) is 32.7 Å². The first-order chi connectivity index (χ1) is 7.61. The average Bonchev–Trinajstić information content (AvgIpc) is 2.24. The highest BCUT2D eigenvalue weighted by atomic mass is 127. The highest BCUT2D eigenvalue weighted by molar-refractivity contribution is 14.0. The van der Waals surface area contributed by atoms with E-state index in [2.05, 4.69) is 41.4 Å². The Bertz CT molecular complexity index is 231. The first-order valence-electron chi connectivity index (χ1n) is 6.27. The summed E-state index contributed by atoms with van der Waals surface area (Å²) in [6.07, 6.45) is 2.65. The van der Waals surface area contributed by atoms with E-state index in [0.29, 0.717) is 6.04 Å². The lowest BCUT2D eigenvalue weighted by atomic mass is 9.99. The van der Waals surface area contributed by atoms with E-state index in [1.54, 1.807) is 0 Å². The van der Waals surface area contributed by atoms with Crippen LogP contribution in [0.3, 0.4) is 0 Å². The van der Waals surface area contributed by atoms with Crippen molar-refractivity contribution >= 4 is 29.9 Å². The molecule has 0 radical (unpaired) electrons. The van der Waals surface area contributed by atoms with E-state index in [9.17, 15) is 0 Å². The van der Waals surface area contributed by atoms with Crippen LogP contribution in [0.25, 0.3) is 0 Å². The molecular weight excluding hydrogens is 327 g/mol. The minimum atomic E-state index is 0. The summed E-state index contributed by atoms with van der Waals surface area (Å²) in [4.78, 5) is 6.62. The highest BCUT2D eigenvalue weighted by Gasteiger charge is 2.17. The predicted molar refractivity (Wildman–Crippen MR) is 85.3 cm³/mol. The quantitative estimate of drug-likeness (QED) is 0.459. The van der Waals surface area contributed by atoms with Crippen LogP contribution in [0.15, 0.2) is 4.99 Å². The van der Waals surface area contributed by atoms with Crippen LogP contribution in [0, 0.1) is 5.92 Å². The van der Waals surface area contributed by atoms with Crippen molar-refractivity contribution in [2.24, 2.45) is 10.9 Å². The number of hydrogen-bond acceptors (Lipinski definition) is 2. The molecule has 0 aromatic rings. The molecule has 17 heavy (non-hydrogen) atoms. The van der Waals surface area contributed by atoms with Crippen molar-refractivity contribution in [3.05, 3.63) is 0 Å². The zero-order valence-corrected chi connectivity index (χ0v) is 13.8. The molecule has 102 valence electrons. The zero-order chi connectivity index (χ0) is 12.0. The third kappa shape index (κ3) is 7.08. The molecule has 4 nitrogen and oxygen atoms in total. The summed E-state index contributed by atoms with van der Waals surface area (Å²) in [6, 6.07) is 0.431. The first kappa shape index (κ1) is 17.0. The fourth-order valence-corrected chi connectivity index (χ4v) is 2.15. The maximum Gasteiger partial charge on any atom is 0.191 e. The predicted octanol–water partition coefficient (Wildman–Crippen LogP) is 1.52. The van der Waals surface area contributed by atoms with Gasteiger partial charge in [-0.3, -0.25) is 4.99 Å². The minimum absolute atomic E-state index is 0. The van der Waals surface area contributed by atoms with Crippen LogP contribution < -0.4 is 10.6 Å². The molecule has 1 heterocycles. The number of likely N-dealkylation sites (tertiary alicyclic amines) is 1. The summed E-state index contributed by atoms with van der Waals surface area (Å²) < 4.78 is 0. The number of nitrogens with zero attached hydrogens (tertiary/aromatic N) is 2.